The molecule has 7 heteroatoms. The van der Waals surface area contributed by atoms with Crippen molar-refractivity contribution in [2.24, 2.45) is 0 Å². The quantitative estimate of drug-likeness (QED) is 0.519. The van der Waals surface area contributed by atoms with E-state index in [4.69, 9.17) is 0 Å². The monoisotopic (exact) mass is 437 g/mol. The minimum Gasteiger partial charge on any atom is -0.376 e. The minimum atomic E-state index is -3.58. The summed E-state index contributed by atoms with van der Waals surface area (Å²) in [4.78, 5) is 12.7. The Morgan fingerprint density at radius 1 is 0.871 bits per heavy atom. The first-order valence-corrected chi connectivity index (χ1v) is 11.7. The van der Waals surface area contributed by atoms with Crippen molar-refractivity contribution in [2.45, 2.75) is 18.7 Å². The maximum absolute atomic E-state index is 12.7. The van der Waals surface area contributed by atoms with Crippen LogP contribution in [0.3, 0.4) is 0 Å². The maximum Gasteiger partial charge on any atom is 0.243 e. The third-order valence-corrected chi connectivity index (χ3v) is 6.96. The summed E-state index contributed by atoms with van der Waals surface area (Å²) in [6.45, 7) is 4.43. The van der Waals surface area contributed by atoms with Crippen LogP contribution in [0.25, 0.3) is 11.1 Å². The van der Waals surface area contributed by atoms with E-state index in [1.165, 1.54) is 16.4 Å². The van der Waals surface area contributed by atoms with Gasteiger partial charge in [-0.1, -0.05) is 68.4 Å². The molecule has 0 saturated heterocycles. The van der Waals surface area contributed by atoms with Gasteiger partial charge in [0.25, 0.3) is 0 Å². The molecule has 3 rings (SSSR count). The summed E-state index contributed by atoms with van der Waals surface area (Å²) in [5.74, 6) is -0.264. The number of amides is 1. The topological polar surface area (TPSA) is 78.5 Å². The van der Waals surface area contributed by atoms with Gasteiger partial charge in [0.2, 0.25) is 15.9 Å². The van der Waals surface area contributed by atoms with E-state index in [1.54, 1.807) is 26.0 Å². The van der Waals surface area contributed by atoms with E-state index in [-0.39, 0.29) is 17.3 Å². The number of nitrogens with one attached hydrogen (secondary N) is 2. The molecule has 3 aromatic rings. The predicted octanol–water partition coefficient (Wildman–Crippen LogP) is 4.43. The van der Waals surface area contributed by atoms with Crippen LogP contribution >= 0.6 is 0 Å². The SMILES string of the molecule is CCN(CC)S(=O)(=O)c1cccc(NC(=O)CNc2ccccc2-c2ccccc2)c1. The van der Waals surface area contributed by atoms with Crippen molar-refractivity contribution in [3.05, 3.63) is 78.9 Å². The summed E-state index contributed by atoms with van der Waals surface area (Å²) in [6, 6.07) is 24.1. The first-order chi connectivity index (χ1) is 15.0. The lowest BCUT2D eigenvalue weighted by atomic mass is 10.0. The lowest BCUT2D eigenvalue weighted by molar-refractivity contribution is -0.114. The molecule has 0 fully saturated rings. The molecule has 2 N–H and O–H groups in total. The molecule has 3 aromatic carbocycles. The molecule has 0 spiro atoms. The van der Waals surface area contributed by atoms with Gasteiger partial charge in [0.15, 0.2) is 0 Å². The molecule has 0 aliphatic rings. The number of carbonyl (C=O) groups is 1. The molecule has 6 nitrogen and oxygen atoms in total. The van der Waals surface area contributed by atoms with Crippen LogP contribution in [0.15, 0.2) is 83.8 Å². The van der Waals surface area contributed by atoms with E-state index in [0.717, 1.165) is 16.8 Å². The molecule has 0 unspecified atom stereocenters. The van der Waals surface area contributed by atoms with E-state index in [9.17, 15) is 13.2 Å². The Labute approximate surface area is 184 Å². The van der Waals surface area contributed by atoms with Crippen LogP contribution < -0.4 is 10.6 Å². The molecule has 0 aliphatic carbocycles. The minimum absolute atomic E-state index is 0.0524. The Kier molecular flexibility index (Phi) is 7.44. The van der Waals surface area contributed by atoms with Gasteiger partial charge in [-0.05, 0) is 29.8 Å². The van der Waals surface area contributed by atoms with Gasteiger partial charge in [0.05, 0.1) is 11.4 Å². The number of hydrogen-bond donors (Lipinski definition) is 2. The number of carbonyl (C=O) groups excluding carboxylic acids is 1. The molecule has 0 radical (unpaired) electrons. The summed E-state index contributed by atoms with van der Waals surface area (Å²) < 4.78 is 26.8. The Morgan fingerprint density at radius 2 is 1.55 bits per heavy atom. The number of hydrogen-bond acceptors (Lipinski definition) is 4. The van der Waals surface area contributed by atoms with E-state index in [1.807, 2.05) is 54.6 Å². The summed E-state index contributed by atoms with van der Waals surface area (Å²) in [7, 11) is -3.58. The van der Waals surface area contributed by atoms with E-state index >= 15 is 0 Å². The number of para-hydroxylation sites is 1. The van der Waals surface area contributed by atoms with Gasteiger partial charge in [-0.3, -0.25) is 4.79 Å². The highest BCUT2D eigenvalue weighted by atomic mass is 32.2. The van der Waals surface area contributed by atoms with Crippen molar-refractivity contribution >= 4 is 27.3 Å². The fourth-order valence-electron chi connectivity index (χ4n) is 3.33. The van der Waals surface area contributed by atoms with Gasteiger partial charge in [-0.2, -0.15) is 4.31 Å². The van der Waals surface area contributed by atoms with Gasteiger partial charge < -0.3 is 10.6 Å². The highest BCUT2D eigenvalue weighted by Crippen LogP contribution is 2.27. The third-order valence-electron chi connectivity index (χ3n) is 4.91. The molecular formula is C24H27N3O3S. The standard InChI is InChI=1S/C24H27N3O3S/c1-3-27(4-2)31(29,30)21-14-10-13-20(17-21)26-24(28)18-25-23-16-9-8-15-22(23)19-11-6-5-7-12-19/h5-17,25H,3-4,18H2,1-2H3,(H,26,28). The van der Waals surface area contributed by atoms with Crippen LogP contribution in [0.4, 0.5) is 11.4 Å². The van der Waals surface area contributed by atoms with Gasteiger partial charge in [0.1, 0.15) is 0 Å². The molecular weight excluding hydrogens is 410 g/mol. The highest BCUT2D eigenvalue weighted by molar-refractivity contribution is 7.89. The zero-order valence-corrected chi connectivity index (χ0v) is 18.5. The van der Waals surface area contributed by atoms with E-state index in [0.29, 0.717) is 18.8 Å². The van der Waals surface area contributed by atoms with Crippen LogP contribution in [0.5, 0.6) is 0 Å². The predicted molar refractivity (Wildman–Crippen MR) is 126 cm³/mol. The molecule has 31 heavy (non-hydrogen) atoms. The molecule has 0 saturated carbocycles. The normalized spacial score (nSPS) is 11.3. The Balaban J connectivity index is 1.69. The van der Waals surface area contributed by atoms with Crippen molar-refractivity contribution in [1.82, 2.24) is 4.31 Å². The maximum atomic E-state index is 12.7. The van der Waals surface area contributed by atoms with Crippen LogP contribution in [0.1, 0.15) is 13.8 Å². The fraction of sp³-hybridized carbons (Fsp3) is 0.208. The van der Waals surface area contributed by atoms with Gasteiger partial charge >= 0.3 is 0 Å². The highest BCUT2D eigenvalue weighted by Gasteiger charge is 2.21. The van der Waals surface area contributed by atoms with Crippen LogP contribution in [0.2, 0.25) is 0 Å². The fourth-order valence-corrected chi connectivity index (χ4v) is 4.84. The van der Waals surface area contributed by atoms with E-state index in [2.05, 4.69) is 10.6 Å². The van der Waals surface area contributed by atoms with Gasteiger partial charge in [-0.25, -0.2) is 8.42 Å². The number of benzene rings is 3. The average molecular weight is 438 g/mol. The molecule has 162 valence electrons. The van der Waals surface area contributed by atoms with Crippen LogP contribution in [-0.4, -0.2) is 38.3 Å². The Bertz CT molecular complexity index is 1130. The second-order valence-corrected chi connectivity index (χ2v) is 8.87. The summed E-state index contributed by atoms with van der Waals surface area (Å²) >= 11 is 0. The number of rotatable bonds is 9. The van der Waals surface area contributed by atoms with Crippen molar-refractivity contribution in [1.29, 1.82) is 0 Å². The second-order valence-electron chi connectivity index (χ2n) is 6.93. The van der Waals surface area contributed by atoms with Crippen molar-refractivity contribution in [3.8, 4) is 11.1 Å². The van der Waals surface area contributed by atoms with Crippen molar-refractivity contribution in [2.75, 3.05) is 30.3 Å². The summed E-state index contributed by atoms with van der Waals surface area (Å²) in [6.07, 6.45) is 0. The lowest BCUT2D eigenvalue weighted by Gasteiger charge is -2.19. The number of anilines is 2. The van der Waals surface area contributed by atoms with E-state index < -0.39 is 10.0 Å². The Morgan fingerprint density at radius 3 is 2.26 bits per heavy atom. The molecule has 0 aromatic heterocycles. The molecule has 0 heterocycles. The second kappa shape index (κ2) is 10.2. The smallest absolute Gasteiger partial charge is 0.243 e. The summed E-state index contributed by atoms with van der Waals surface area (Å²) in [5.41, 5.74) is 3.35. The van der Waals surface area contributed by atoms with Crippen molar-refractivity contribution < 1.29 is 13.2 Å². The number of nitrogens with zero attached hydrogens (tertiary/aromatic N) is 1. The molecule has 0 atom stereocenters. The lowest BCUT2D eigenvalue weighted by Crippen LogP contribution is -2.30. The van der Waals surface area contributed by atoms with Gasteiger partial charge in [0, 0.05) is 30.0 Å². The molecule has 1 amide bonds. The first-order valence-electron chi connectivity index (χ1n) is 10.2. The largest absolute Gasteiger partial charge is 0.376 e. The van der Waals surface area contributed by atoms with Crippen LogP contribution in [0, 0.1) is 0 Å². The first kappa shape index (κ1) is 22.5. The number of sulfonamides is 1. The molecule has 0 aliphatic heterocycles. The zero-order valence-electron chi connectivity index (χ0n) is 17.7. The van der Waals surface area contributed by atoms with Crippen LogP contribution in [-0.2, 0) is 14.8 Å². The average Bonchev–Trinajstić information content (AvgIpc) is 2.79. The Hall–Kier alpha value is -3.16. The third kappa shape index (κ3) is 5.51. The van der Waals surface area contributed by atoms with Crippen molar-refractivity contribution in [3.63, 3.8) is 0 Å². The zero-order chi connectivity index (χ0) is 22.3. The molecule has 0 bridgehead atoms. The summed E-state index contributed by atoms with van der Waals surface area (Å²) in [5, 5.41) is 5.95. The van der Waals surface area contributed by atoms with Gasteiger partial charge in [-0.15, -0.1) is 0 Å².